The number of hydrogen-bond donors (Lipinski definition) is 1. The fourth-order valence-electron chi connectivity index (χ4n) is 2.69. The molecule has 2 nitrogen and oxygen atoms in total. The van der Waals surface area contributed by atoms with Crippen molar-refractivity contribution in [3.63, 3.8) is 0 Å². The highest BCUT2D eigenvalue weighted by Crippen LogP contribution is 2.31. The van der Waals surface area contributed by atoms with Gasteiger partial charge in [0, 0.05) is 29.3 Å². The molecule has 0 aromatic heterocycles. The Labute approximate surface area is 133 Å². The molecule has 0 spiro atoms. The Morgan fingerprint density at radius 2 is 1.85 bits per heavy atom. The normalized spacial score (nSPS) is 14.4. The van der Waals surface area contributed by atoms with Gasteiger partial charge in [0.05, 0.1) is 0 Å². The van der Waals surface area contributed by atoms with E-state index in [1.807, 2.05) is 0 Å². The van der Waals surface area contributed by atoms with Crippen LogP contribution in [-0.4, -0.2) is 19.6 Å². The maximum absolute atomic E-state index is 3.60. The summed E-state index contributed by atoms with van der Waals surface area (Å²) in [4.78, 5) is 2.41. The highest BCUT2D eigenvalue weighted by atomic mass is 79.9. The Kier molecular flexibility index (Phi) is 7.04. The van der Waals surface area contributed by atoms with Crippen molar-refractivity contribution < 1.29 is 0 Å². The molecule has 0 aliphatic carbocycles. The van der Waals surface area contributed by atoms with Gasteiger partial charge in [-0.25, -0.2) is 0 Å². The molecular weight excluding hydrogens is 312 g/mol. The minimum Gasteiger partial charge on any atom is -0.372 e. The van der Waals surface area contributed by atoms with Crippen LogP contribution in [-0.2, 0) is 0 Å². The fraction of sp³-hybridized carbons (Fsp3) is 0.647. The van der Waals surface area contributed by atoms with E-state index in [4.69, 9.17) is 0 Å². The second kappa shape index (κ2) is 8.04. The molecule has 1 aromatic rings. The predicted octanol–water partition coefficient (Wildman–Crippen LogP) is 4.99. The monoisotopic (exact) mass is 340 g/mol. The smallest absolute Gasteiger partial charge is 0.0415 e. The number of nitrogens with zero attached hydrogens (tertiary/aromatic N) is 1. The van der Waals surface area contributed by atoms with Crippen LogP contribution < -0.4 is 10.2 Å². The first kappa shape index (κ1) is 17.5. The summed E-state index contributed by atoms with van der Waals surface area (Å²) in [6.45, 7) is 12.2. The molecule has 2 unspecified atom stereocenters. The summed E-state index contributed by atoms with van der Waals surface area (Å²) < 4.78 is 1.14. The molecule has 1 rings (SSSR count). The molecule has 3 heteroatoms. The largest absolute Gasteiger partial charge is 0.372 e. The minimum absolute atomic E-state index is 0.362. The summed E-state index contributed by atoms with van der Waals surface area (Å²) >= 11 is 3.60. The Hall–Kier alpha value is -0.540. The molecule has 0 bridgehead atoms. The van der Waals surface area contributed by atoms with E-state index in [1.165, 1.54) is 17.7 Å². The van der Waals surface area contributed by atoms with Crippen LogP contribution >= 0.6 is 15.9 Å². The quantitative estimate of drug-likeness (QED) is 0.752. The van der Waals surface area contributed by atoms with Crippen LogP contribution in [0.5, 0.6) is 0 Å². The third-order valence-corrected chi connectivity index (χ3v) is 4.31. The minimum atomic E-state index is 0.362. The van der Waals surface area contributed by atoms with Crippen molar-refractivity contribution in [2.45, 2.75) is 53.1 Å². The van der Waals surface area contributed by atoms with Crippen molar-refractivity contribution >= 4 is 21.6 Å². The van der Waals surface area contributed by atoms with E-state index >= 15 is 0 Å². The first-order valence-electron chi connectivity index (χ1n) is 7.62. The van der Waals surface area contributed by atoms with Crippen molar-refractivity contribution in [1.29, 1.82) is 0 Å². The number of halogens is 1. The van der Waals surface area contributed by atoms with Gasteiger partial charge in [0.15, 0.2) is 0 Å². The van der Waals surface area contributed by atoms with E-state index in [0.717, 1.165) is 16.9 Å². The Balaban J connectivity index is 3.03. The average molecular weight is 341 g/mol. The first-order valence-corrected chi connectivity index (χ1v) is 8.41. The van der Waals surface area contributed by atoms with Gasteiger partial charge >= 0.3 is 0 Å². The lowest BCUT2D eigenvalue weighted by atomic mass is 10.0. The van der Waals surface area contributed by atoms with Gasteiger partial charge in [0.1, 0.15) is 0 Å². The van der Waals surface area contributed by atoms with E-state index in [1.54, 1.807) is 0 Å². The Bertz CT molecular complexity index is 417. The molecule has 0 saturated heterocycles. The Morgan fingerprint density at radius 1 is 1.20 bits per heavy atom. The molecule has 2 atom stereocenters. The van der Waals surface area contributed by atoms with Gasteiger partial charge in [0.25, 0.3) is 0 Å². The van der Waals surface area contributed by atoms with Crippen molar-refractivity contribution in [2.24, 2.45) is 5.92 Å². The highest BCUT2D eigenvalue weighted by Gasteiger charge is 2.17. The highest BCUT2D eigenvalue weighted by molar-refractivity contribution is 9.10. The van der Waals surface area contributed by atoms with Gasteiger partial charge in [-0.15, -0.1) is 0 Å². The molecule has 0 saturated carbocycles. The zero-order chi connectivity index (χ0) is 15.3. The molecule has 1 N–H and O–H groups in total. The van der Waals surface area contributed by atoms with Gasteiger partial charge in [0.2, 0.25) is 0 Å². The van der Waals surface area contributed by atoms with E-state index in [0.29, 0.717) is 12.1 Å². The second-order valence-corrected chi connectivity index (χ2v) is 6.99. The van der Waals surface area contributed by atoms with Crippen LogP contribution in [0.15, 0.2) is 22.7 Å². The molecule has 0 heterocycles. The lowest BCUT2D eigenvalue weighted by molar-refractivity contribution is 0.501. The van der Waals surface area contributed by atoms with E-state index < -0.39 is 0 Å². The molecule has 0 aliphatic rings. The molecule has 20 heavy (non-hydrogen) atoms. The van der Waals surface area contributed by atoms with E-state index in [9.17, 15) is 0 Å². The molecular formula is C17H29BrN2. The van der Waals surface area contributed by atoms with Gasteiger partial charge in [-0.05, 0) is 56.5 Å². The van der Waals surface area contributed by atoms with Gasteiger partial charge in [-0.3, -0.25) is 0 Å². The predicted molar refractivity (Wildman–Crippen MR) is 93.6 cm³/mol. The second-order valence-electron chi connectivity index (χ2n) is 6.07. The topological polar surface area (TPSA) is 15.3 Å². The maximum atomic E-state index is 3.60. The lowest BCUT2D eigenvalue weighted by Gasteiger charge is -2.32. The zero-order valence-corrected chi connectivity index (χ0v) is 15.3. The van der Waals surface area contributed by atoms with Crippen molar-refractivity contribution in [1.82, 2.24) is 5.32 Å². The summed E-state index contributed by atoms with van der Waals surface area (Å²) in [6, 6.07) is 7.51. The summed E-state index contributed by atoms with van der Waals surface area (Å²) in [5.41, 5.74) is 2.69. The van der Waals surface area contributed by atoms with Crippen LogP contribution in [0.25, 0.3) is 0 Å². The first-order chi connectivity index (χ1) is 9.36. The summed E-state index contributed by atoms with van der Waals surface area (Å²) in [5.74, 6) is 0.720. The van der Waals surface area contributed by atoms with Crippen LogP contribution in [0.2, 0.25) is 0 Å². The number of benzene rings is 1. The standard InChI is InChI=1S/C17H29BrN2/c1-7-19-14(5)16-11-15(18)8-9-17(16)20(6)13(4)10-12(2)3/h8-9,11-14,19H,7,10H2,1-6H3. The molecule has 0 radical (unpaired) electrons. The number of nitrogens with one attached hydrogen (secondary N) is 1. The molecule has 114 valence electrons. The molecule has 0 fully saturated rings. The SMILES string of the molecule is CCNC(C)c1cc(Br)ccc1N(C)C(C)CC(C)C. The third-order valence-electron chi connectivity index (χ3n) is 3.82. The summed E-state index contributed by atoms with van der Waals surface area (Å²) in [6.07, 6.45) is 1.21. The number of hydrogen-bond acceptors (Lipinski definition) is 2. The molecule has 0 amide bonds. The van der Waals surface area contributed by atoms with E-state index in [2.05, 4.69) is 86.0 Å². The number of rotatable bonds is 7. The van der Waals surface area contributed by atoms with Crippen LogP contribution in [0.4, 0.5) is 5.69 Å². The fourth-order valence-corrected chi connectivity index (χ4v) is 3.07. The maximum Gasteiger partial charge on any atom is 0.0415 e. The van der Waals surface area contributed by atoms with Gasteiger partial charge in [-0.2, -0.15) is 0 Å². The Morgan fingerprint density at radius 3 is 2.40 bits per heavy atom. The zero-order valence-electron chi connectivity index (χ0n) is 13.7. The molecule has 1 aromatic carbocycles. The van der Waals surface area contributed by atoms with Crippen LogP contribution in [0, 0.1) is 5.92 Å². The van der Waals surface area contributed by atoms with Crippen LogP contribution in [0.3, 0.4) is 0 Å². The van der Waals surface area contributed by atoms with Crippen molar-refractivity contribution in [2.75, 3.05) is 18.5 Å². The summed E-state index contributed by atoms with van der Waals surface area (Å²) in [5, 5.41) is 3.52. The number of anilines is 1. The van der Waals surface area contributed by atoms with E-state index in [-0.39, 0.29) is 0 Å². The lowest BCUT2D eigenvalue weighted by Crippen LogP contribution is -2.32. The average Bonchev–Trinajstić information content (AvgIpc) is 2.37. The van der Waals surface area contributed by atoms with Crippen molar-refractivity contribution in [3.05, 3.63) is 28.2 Å². The molecule has 0 aliphatic heterocycles. The van der Waals surface area contributed by atoms with Crippen molar-refractivity contribution in [3.8, 4) is 0 Å². The van der Waals surface area contributed by atoms with Gasteiger partial charge in [-0.1, -0.05) is 36.7 Å². The summed E-state index contributed by atoms with van der Waals surface area (Å²) in [7, 11) is 2.21. The van der Waals surface area contributed by atoms with Crippen LogP contribution in [0.1, 0.15) is 52.6 Å². The van der Waals surface area contributed by atoms with Gasteiger partial charge < -0.3 is 10.2 Å². The third kappa shape index (κ3) is 4.78.